The molecule has 0 saturated heterocycles. The van der Waals surface area contributed by atoms with Crippen LogP contribution < -0.4 is 4.90 Å². The van der Waals surface area contributed by atoms with E-state index in [9.17, 15) is 0 Å². The minimum Gasteiger partial charge on any atom is -0.311 e. The highest BCUT2D eigenvalue weighted by Gasteiger charge is 2.32. The lowest BCUT2D eigenvalue weighted by atomic mass is 9.68. The quantitative estimate of drug-likeness (QED) is 0.220. The first-order valence-electron chi connectivity index (χ1n) is 12.2. The van der Waals surface area contributed by atoms with Crippen LogP contribution in [0.5, 0.6) is 0 Å². The van der Waals surface area contributed by atoms with Gasteiger partial charge in [-0.15, -0.1) is 6.58 Å². The predicted molar refractivity (Wildman–Crippen MR) is 150 cm³/mol. The second-order valence-corrected chi connectivity index (χ2v) is 9.95. The van der Waals surface area contributed by atoms with E-state index in [1.807, 2.05) is 12.2 Å². The van der Waals surface area contributed by atoms with Crippen LogP contribution in [0, 0.1) is 19.3 Å². The Balaban J connectivity index is 2.00. The molecule has 3 aromatic carbocycles. The molecule has 0 aliphatic carbocycles. The number of hydrogen-bond donors (Lipinski definition) is 0. The molecule has 0 aliphatic heterocycles. The van der Waals surface area contributed by atoms with Crippen molar-refractivity contribution in [2.24, 2.45) is 5.41 Å². The summed E-state index contributed by atoms with van der Waals surface area (Å²) in [5, 5.41) is 0. The molecule has 0 heterocycles. The highest BCUT2D eigenvalue weighted by atomic mass is 15.1. The zero-order valence-corrected chi connectivity index (χ0v) is 21.5. The SMILES string of the molecule is C=C/C=C/C(C)(C=C)CC(C)(CC)c1ccc(N(c2ccc(C)cc2)c2ccc(C)cc2)cc1. The lowest BCUT2D eigenvalue weighted by Gasteiger charge is -2.37. The van der Waals surface area contributed by atoms with Crippen molar-refractivity contribution in [2.75, 3.05) is 4.90 Å². The first-order valence-corrected chi connectivity index (χ1v) is 12.2. The van der Waals surface area contributed by atoms with Crippen molar-refractivity contribution < 1.29 is 0 Å². The summed E-state index contributed by atoms with van der Waals surface area (Å²) in [6.45, 7) is 19.1. The number of nitrogens with zero attached hydrogens (tertiary/aromatic N) is 1. The van der Waals surface area contributed by atoms with Crippen LogP contribution in [-0.2, 0) is 5.41 Å². The van der Waals surface area contributed by atoms with E-state index in [0.29, 0.717) is 0 Å². The van der Waals surface area contributed by atoms with E-state index in [4.69, 9.17) is 0 Å². The van der Waals surface area contributed by atoms with Crippen molar-refractivity contribution in [2.45, 2.75) is 52.9 Å². The van der Waals surface area contributed by atoms with E-state index < -0.39 is 0 Å². The van der Waals surface area contributed by atoms with Crippen LogP contribution in [0.2, 0.25) is 0 Å². The summed E-state index contributed by atoms with van der Waals surface area (Å²) in [6, 6.07) is 26.6. The van der Waals surface area contributed by atoms with Crippen LogP contribution in [0.1, 0.15) is 50.3 Å². The van der Waals surface area contributed by atoms with Crippen LogP contribution in [0.25, 0.3) is 0 Å². The standard InChI is InChI=1S/C33H39N/c1-8-11-24-32(6,9-2)25-33(7,10-3)28-16-22-31(23-17-28)34(29-18-12-26(4)13-19-29)30-20-14-27(5)15-21-30/h8-9,11-24H,1-2,10,25H2,3-7H3/b24-11+. The largest absolute Gasteiger partial charge is 0.311 e. The Morgan fingerprint density at radius 3 is 1.56 bits per heavy atom. The average molecular weight is 450 g/mol. The smallest absolute Gasteiger partial charge is 0.0461 e. The molecule has 0 amide bonds. The Hall–Kier alpha value is -3.32. The fraction of sp³-hybridized carbons (Fsp3) is 0.273. The predicted octanol–water partition coefficient (Wildman–Crippen LogP) is 9.77. The number of allylic oxidation sites excluding steroid dienone is 4. The normalized spacial score (nSPS) is 14.9. The fourth-order valence-corrected chi connectivity index (χ4v) is 4.61. The maximum atomic E-state index is 4.12. The van der Waals surface area contributed by atoms with E-state index in [1.165, 1.54) is 16.7 Å². The molecule has 0 aromatic heterocycles. The topological polar surface area (TPSA) is 3.24 Å². The van der Waals surface area contributed by atoms with Crippen molar-refractivity contribution in [1.29, 1.82) is 0 Å². The van der Waals surface area contributed by atoms with Gasteiger partial charge in [0.2, 0.25) is 0 Å². The fourth-order valence-electron chi connectivity index (χ4n) is 4.61. The summed E-state index contributed by atoms with van der Waals surface area (Å²) < 4.78 is 0. The number of hydrogen-bond acceptors (Lipinski definition) is 1. The summed E-state index contributed by atoms with van der Waals surface area (Å²) in [5.74, 6) is 0. The molecule has 0 N–H and O–H groups in total. The molecule has 3 aromatic rings. The molecule has 176 valence electrons. The van der Waals surface area contributed by atoms with Gasteiger partial charge in [0.25, 0.3) is 0 Å². The van der Waals surface area contributed by atoms with Crippen LogP contribution in [0.4, 0.5) is 17.1 Å². The summed E-state index contributed by atoms with van der Waals surface area (Å²) >= 11 is 0. The zero-order valence-electron chi connectivity index (χ0n) is 21.5. The lowest BCUT2D eigenvalue weighted by Crippen LogP contribution is -2.28. The third-order valence-corrected chi connectivity index (χ3v) is 7.04. The molecule has 0 saturated carbocycles. The van der Waals surface area contributed by atoms with Crippen LogP contribution in [0.3, 0.4) is 0 Å². The molecule has 0 aliphatic rings. The molecule has 0 radical (unpaired) electrons. The first kappa shape index (κ1) is 25.3. The van der Waals surface area contributed by atoms with Gasteiger partial charge in [-0.1, -0.05) is 99.2 Å². The average Bonchev–Trinajstić information content (AvgIpc) is 2.85. The van der Waals surface area contributed by atoms with Crippen LogP contribution in [0.15, 0.2) is 110 Å². The summed E-state index contributed by atoms with van der Waals surface area (Å²) in [7, 11) is 0. The Bertz CT molecular complexity index is 1070. The van der Waals surface area contributed by atoms with E-state index >= 15 is 0 Å². The number of rotatable bonds is 10. The second-order valence-electron chi connectivity index (χ2n) is 9.95. The van der Waals surface area contributed by atoms with Gasteiger partial charge in [-0.3, -0.25) is 0 Å². The van der Waals surface area contributed by atoms with E-state index in [2.05, 4.69) is 138 Å². The molecular weight excluding hydrogens is 410 g/mol. The van der Waals surface area contributed by atoms with Gasteiger partial charge in [-0.2, -0.15) is 0 Å². The van der Waals surface area contributed by atoms with Crippen LogP contribution >= 0.6 is 0 Å². The number of anilines is 3. The third-order valence-electron chi connectivity index (χ3n) is 7.04. The molecule has 1 nitrogen and oxygen atoms in total. The maximum Gasteiger partial charge on any atom is 0.0461 e. The zero-order chi connectivity index (χ0) is 24.8. The minimum atomic E-state index is -0.0898. The second kappa shape index (κ2) is 10.7. The van der Waals surface area contributed by atoms with E-state index in [0.717, 1.165) is 29.9 Å². The highest BCUT2D eigenvalue weighted by molar-refractivity contribution is 5.76. The monoisotopic (exact) mass is 449 g/mol. The van der Waals surface area contributed by atoms with E-state index in [-0.39, 0.29) is 10.8 Å². The Labute approximate surface area is 207 Å². The molecule has 2 unspecified atom stereocenters. The molecule has 3 rings (SSSR count). The maximum absolute atomic E-state index is 4.12. The van der Waals surface area contributed by atoms with E-state index in [1.54, 1.807) is 0 Å². The van der Waals surface area contributed by atoms with Crippen molar-refractivity contribution in [1.82, 2.24) is 0 Å². The van der Waals surface area contributed by atoms with Crippen molar-refractivity contribution in [3.63, 3.8) is 0 Å². The number of benzene rings is 3. The number of aryl methyl sites for hydroxylation is 2. The minimum absolute atomic E-state index is 0.0333. The van der Waals surface area contributed by atoms with Gasteiger partial charge < -0.3 is 4.90 Å². The Kier molecular flexibility index (Phi) is 7.99. The highest BCUT2D eigenvalue weighted by Crippen LogP contribution is 2.42. The molecular formula is C33H39N. The van der Waals surface area contributed by atoms with Gasteiger partial charge in [0.15, 0.2) is 0 Å². The summed E-state index contributed by atoms with van der Waals surface area (Å²) in [5.41, 5.74) is 7.30. The molecule has 2 atom stereocenters. The Morgan fingerprint density at radius 1 is 0.735 bits per heavy atom. The molecule has 0 spiro atoms. The van der Waals surface area contributed by atoms with Gasteiger partial charge in [-0.05, 0) is 74.1 Å². The third kappa shape index (κ3) is 5.78. The van der Waals surface area contributed by atoms with Gasteiger partial charge >= 0.3 is 0 Å². The Morgan fingerprint density at radius 2 is 1.18 bits per heavy atom. The van der Waals surface area contributed by atoms with Gasteiger partial charge in [0, 0.05) is 22.5 Å². The van der Waals surface area contributed by atoms with Crippen molar-refractivity contribution in [3.05, 3.63) is 127 Å². The summed E-state index contributed by atoms with van der Waals surface area (Å²) in [6.07, 6.45) is 10.2. The van der Waals surface area contributed by atoms with Crippen molar-refractivity contribution >= 4 is 17.1 Å². The lowest BCUT2D eigenvalue weighted by molar-refractivity contribution is 0.321. The molecule has 0 bridgehead atoms. The molecule has 0 fully saturated rings. The van der Waals surface area contributed by atoms with Crippen molar-refractivity contribution in [3.8, 4) is 0 Å². The van der Waals surface area contributed by atoms with Gasteiger partial charge in [-0.25, -0.2) is 0 Å². The van der Waals surface area contributed by atoms with Gasteiger partial charge in [0.1, 0.15) is 0 Å². The van der Waals surface area contributed by atoms with Gasteiger partial charge in [0.05, 0.1) is 0 Å². The van der Waals surface area contributed by atoms with Crippen LogP contribution in [-0.4, -0.2) is 0 Å². The summed E-state index contributed by atoms with van der Waals surface area (Å²) in [4.78, 5) is 2.33. The molecule has 1 heteroatoms. The molecule has 34 heavy (non-hydrogen) atoms. The first-order chi connectivity index (χ1) is 16.2.